The molecule has 3 aromatic heterocycles. The van der Waals surface area contributed by atoms with Crippen molar-refractivity contribution in [2.75, 3.05) is 37.6 Å². The zero-order valence-electron chi connectivity index (χ0n) is 13.5. The summed E-state index contributed by atoms with van der Waals surface area (Å²) < 4.78 is 3.04. The summed E-state index contributed by atoms with van der Waals surface area (Å²) in [5, 5.41) is 4.00. The van der Waals surface area contributed by atoms with Gasteiger partial charge in [0.15, 0.2) is 0 Å². The monoisotopic (exact) mass is 361 g/mol. The first-order valence-corrected chi connectivity index (χ1v) is 9.79. The van der Waals surface area contributed by atoms with E-state index >= 15 is 0 Å². The number of anilines is 1. The van der Waals surface area contributed by atoms with E-state index in [1.165, 1.54) is 16.0 Å². The highest BCUT2D eigenvalue weighted by Crippen LogP contribution is 2.28. The van der Waals surface area contributed by atoms with E-state index in [2.05, 4.69) is 25.1 Å². The molecule has 0 saturated carbocycles. The van der Waals surface area contributed by atoms with Crippen molar-refractivity contribution in [3.63, 3.8) is 0 Å². The van der Waals surface area contributed by atoms with Crippen LogP contribution in [0.4, 0.5) is 5.82 Å². The van der Waals surface area contributed by atoms with Crippen LogP contribution in [0.15, 0.2) is 27.9 Å². The molecule has 8 heteroatoms. The van der Waals surface area contributed by atoms with Gasteiger partial charge in [0, 0.05) is 50.3 Å². The molecule has 6 nitrogen and oxygen atoms in total. The Morgan fingerprint density at radius 1 is 1.12 bits per heavy atom. The molecular weight excluding hydrogens is 342 g/mol. The first-order chi connectivity index (χ1) is 11.7. The molecule has 3 aromatic rings. The van der Waals surface area contributed by atoms with Crippen LogP contribution in [0.25, 0.3) is 10.2 Å². The van der Waals surface area contributed by atoms with Crippen LogP contribution in [0.1, 0.15) is 5.69 Å². The van der Waals surface area contributed by atoms with Crippen molar-refractivity contribution in [2.24, 2.45) is 0 Å². The van der Waals surface area contributed by atoms with Crippen molar-refractivity contribution in [2.45, 2.75) is 13.5 Å². The normalized spacial score (nSPS) is 16.1. The quantitative estimate of drug-likeness (QED) is 0.712. The summed E-state index contributed by atoms with van der Waals surface area (Å²) in [6.45, 7) is 7.60. The van der Waals surface area contributed by atoms with Gasteiger partial charge in [0.1, 0.15) is 12.1 Å². The van der Waals surface area contributed by atoms with Crippen LogP contribution < -0.4 is 9.77 Å². The molecular formula is C16H19N5OS2. The lowest BCUT2D eigenvalue weighted by Crippen LogP contribution is -2.47. The largest absolute Gasteiger partial charge is 0.353 e. The Morgan fingerprint density at radius 3 is 2.71 bits per heavy atom. The minimum atomic E-state index is 0.146. The Bertz CT molecular complexity index is 891. The first-order valence-electron chi connectivity index (χ1n) is 8.03. The molecule has 0 aromatic carbocycles. The Morgan fingerprint density at radius 2 is 1.96 bits per heavy atom. The van der Waals surface area contributed by atoms with Gasteiger partial charge in [0.05, 0.1) is 10.2 Å². The van der Waals surface area contributed by atoms with Crippen LogP contribution in [-0.4, -0.2) is 52.2 Å². The summed E-state index contributed by atoms with van der Waals surface area (Å²) in [7, 11) is 0. The number of hydrogen-bond donors (Lipinski definition) is 0. The maximum atomic E-state index is 11.8. The second kappa shape index (κ2) is 6.62. The lowest BCUT2D eigenvalue weighted by atomic mass is 10.3. The van der Waals surface area contributed by atoms with Gasteiger partial charge in [-0.25, -0.2) is 9.97 Å². The smallest absolute Gasteiger partial charge is 0.307 e. The average Bonchev–Trinajstić information content (AvgIpc) is 3.20. The van der Waals surface area contributed by atoms with E-state index in [1.54, 1.807) is 17.7 Å². The number of thiophene rings is 1. The highest BCUT2D eigenvalue weighted by Gasteiger charge is 2.20. The fraction of sp³-hybridized carbons (Fsp3) is 0.438. The second-order valence-corrected chi connectivity index (χ2v) is 7.69. The van der Waals surface area contributed by atoms with Gasteiger partial charge in [-0.05, 0) is 18.4 Å². The summed E-state index contributed by atoms with van der Waals surface area (Å²) in [6, 6.07) is 2.04. The third kappa shape index (κ3) is 2.97. The van der Waals surface area contributed by atoms with Gasteiger partial charge in [-0.2, -0.15) is 0 Å². The number of piperazine rings is 1. The molecule has 0 spiro atoms. The number of thiazole rings is 1. The maximum Gasteiger partial charge on any atom is 0.307 e. The van der Waals surface area contributed by atoms with Gasteiger partial charge in [-0.1, -0.05) is 11.3 Å². The summed E-state index contributed by atoms with van der Waals surface area (Å²) in [5.41, 5.74) is 2.09. The van der Waals surface area contributed by atoms with Crippen molar-refractivity contribution in [3.8, 4) is 0 Å². The Kier molecular flexibility index (Phi) is 4.34. The third-order valence-electron chi connectivity index (χ3n) is 4.51. The third-order valence-corrected chi connectivity index (χ3v) is 6.29. The molecule has 0 bridgehead atoms. The summed E-state index contributed by atoms with van der Waals surface area (Å²) in [6.07, 6.45) is 1.66. The van der Waals surface area contributed by atoms with Gasteiger partial charge >= 0.3 is 4.87 Å². The lowest BCUT2D eigenvalue weighted by molar-refractivity contribution is 0.247. The zero-order chi connectivity index (χ0) is 16.5. The Balaban J connectivity index is 1.38. The van der Waals surface area contributed by atoms with Crippen molar-refractivity contribution in [1.82, 2.24) is 19.4 Å². The van der Waals surface area contributed by atoms with Crippen LogP contribution in [0.2, 0.25) is 0 Å². The van der Waals surface area contributed by atoms with Crippen LogP contribution in [0, 0.1) is 6.92 Å². The standard InChI is InChI=1S/C16H19N5OS2/c1-12-10-24-16(22)21(12)8-5-19-3-6-20(7-4-19)15-14-13(2-9-23-14)17-11-18-15/h2,9-11H,3-8H2,1H3. The zero-order valence-corrected chi connectivity index (χ0v) is 15.1. The Labute approximate surface area is 148 Å². The van der Waals surface area contributed by atoms with Gasteiger partial charge < -0.3 is 9.47 Å². The van der Waals surface area contributed by atoms with Crippen LogP contribution in [-0.2, 0) is 6.54 Å². The predicted octanol–water partition coefficient (Wildman–Crippen LogP) is 2.05. The molecule has 0 atom stereocenters. The molecule has 1 aliphatic rings. The van der Waals surface area contributed by atoms with Crippen molar-refractivity contribution in [3.05, 3.63) is 38.5 Å². The molecule has 0 aliphatic carbocycles. The molecule has 24 heavy (non-hydrogen) atoms. The topological polar surface area (TPSA) is 54.3 Å². The molecule has 0 radical (unpaired) electrons. The van der Waals surface area contributed by atoms with Crippen LogP contribution >= 0.6 is 22.7 Å². The van der Waals surface area contributed by atoms with Crippen molar-refractivity contribution < 1.29 is 0 Å². The number of rotatable bonds is 4. The van der Waals surface area contributed by atoms with E-state index in [0.717, 1.165) is 56.3 Å². The highest BCUT2D eigenvalue weighted by atomic mass is 32.1. The van der Waals surface area contributed by atoms with E-state index < -0.39 is 0 Å². The fourth-order valence-corrected chi connectivity index (χ4v) is 4.72. The minimum absolute atomic E-state index is 0.146. The highest BCUT2D eigenvalue weighted by molar-refractivity contribution is 7.17. The first kappa shape index (κ1) is 15.7. The summed E-state index contributed by atoms with van der Waals surface area (Å²) >= 11 is 2.99. The average molecular weight is 361 g/mol. The predicted molar refractivity (Wildman–Crippen MR) is 99.4 cm³/mol. The van der Waals surface area contributed by atoms with Gasteiger partial charge in [0.25, 0.3) is 0 Å². The molecule has 4 rings (SSSR count). The van der Waals surface area contributed by atoms with Gasteiger partial charge in [0.2, 0.25) is 0 Å². The lowest BCUT2D eigenvalue weighted by Gasteiger charge is -2.35. The number of aromatic nitrogens is 3. The number of fused-ring (bicyclic) bond motifs is 1. The van der Waals surface area contributed by atoms with Crippen molar-refractivity contribution in [1.29, 1.82) is 0 Å². The molecule has 4 heterocycles. The van der Waals surface area contributed by atoms with E-state index in [9.17, 15) is 4.79 Å². The van der Waals surface area contributed by atoms with E-state index in [0.29, 0.717) is 0 Å². The number of nitrogens with zero attached hydrogens (tertiary/aromatic N) is 5. The molecule has 0 amide bonds. The Hall–Kier alpha value is -1.77. The van der Waals surface area contributed by atoms with E-state index in [1.807, 2.05) is 22.9 Å². The van der Waals surface area contributed by atoms with Crippen molar-refractivity contribution >= 4 is 38.7 Å². The molecule has 1 fully saturated rings. The molecule has 0 unspecified atom stereocenters. The van der Waals surface area contributed by atoms with Crippen LogP contribution in [0.3, 0.4) is 0 Å². The van der Waals surface area contributed by atoms with Gasteiger partial charge in [-0.3, -0.25) is 9.69 Å². The molecule has 126 valence electrons. The maximum absolute atomic E-state index is 11.8. The SMILES string of the molecule is Cc1csc(=O)n1CCN1CCN(c2ncnc3ccsc23)CC1. The second-order valence-electron chi connectivity index (χ2n) is 5.96. The van der Waals surface area contributed by atoms with E-state index in [-0.39, 0.29) is 4.87 Å². The number of hydrogen-bond acceptors (Lipinski definition) is 7. The van der Waals surface area contributed by atoms with E-state index in [4.69, 9.17) is 0 Å². The fourth-order valence-electron chi connectivity index (χ4n) is 3.10. The number of aryl methyl sites for hydroxylation is 1. The molecule has 1 aliphatic heterocycles. The summed E-state index contributed by atoms with van der Waals surface area (Å²) in [5.74, 6) is 1.06. The molecule has 1 saturated heterocycles. The summed E-state index contributed by atoms with van der Waals surface area (Å²) in [4.78, 5) is 25.5. The van der Waals surface area contributed by atoms with Crippen LogP contribution in [0.5, 0.6) is 0 Å². The molecule has 0 N–H and O–H groups in total. The minimum Gasteiger partial charge on any atom is -0.353 e. The van der Waals surface area contributed by atoms with Gasteiger partial charge in [-0.15, -0.1) is 11.3 Å².